The number of nitrogens with zero attached hydrogens (tertiary/aromatic N) is 4. The van der Waals surface area contributed by atoms with Crippen LogP contribution < -0.4 is 15.1 Å². The van der Waals surface area contributed by atoms with Crippen LogP contribution in [0.2, 0.25) is 0 Å². The first kappa shape index (κ1) is 18.1. The van der Waals surface area contributed by atoms with E-state index in [4.69, 9.17) is 0 Å². The summed E-state index contributed by atoms with van der Waals surface area (Å²) in [4.78, 5) is 25.1. The van der Waals surface area contributed by atoms with Crippen LogP contribution in [0.4, 0.5) is 15.9 Å². The fraction of sp³-hybridized carbons (Fsp3) is 0.421. The molecular formula is C19H24FN5O. The van der Waals surface area contributed by atoms with E-state index >= 15 is 0 Å². The Labute approximate surface area is 153 Å². The molecule has 3 rings (SSSR count). The van der Waals surface area contributed by atoms with Gasteiger partial charge in [0.25, 0.3) is 5.91 Å². The van der Waals surface area contributed by atoms with E-state index in [0.717, 1.165) is 44.1 Å². The molecule has 1 N–H and O–H groups in total. The highest BCUT2D eigenvalue weighted by atomic mass is 19.1. The standard InChI is InChI=1S/C19H24FN5O/c1-3-14(2)23-19(26)17-12-22-18(13-21-17)25-10-8-24(9-11-25)16-6-4-15(20)5-7-16/h4-7,12-14H,3,8-11H2,1-2H3,(H,23,26). The average molecular weight is 357 g/mol. The van der Waals surface area contributed by atoms with Crippen LogP contribution in [-0.2, 0) is 0 Å². The van der Waals surface area contributed by atoms with Gasteiger partial charge in [-0.3, -0.25) is 4.79 Å². The number of aromatic nitrogens is 2. The summed E-state index contributed by atoms with van der Waals surface area (Å²) in [7, 11) is 0. The lowest BCUT2D eigenvalue weighted by atomic mass is 10.2. The van der Waals surface area contributed by atoms with E-state index in [0.29, 0.717) is 5.69 Å². The molecule has 138 valence electrons. The van der Waals surface area contributed by atoms with E-state index in [2.05, 4.69) is 25.1 Å². The number of hydrogen-bond donors (Lipinski definition) is 1. The molecule has 1 aromatic heterocycles. The van der Waals surface area contributed by atoms with E-state index in [1.54, 1.807) is 18.3 Å². The number of benzene rings is 1. The molecule has 1 amide bonds. The molecule has 1 unspecified atom stereocenters. The summed E-state index contributed by atoms with van der Waals surface area (Å²) >= 11 is 0. The number of amides is 1. The van der Waals surface area contributed by atoms with Crippen molar-refractivity contribution in [2.45, 2.75) is 26.3 Å². The van der Waals surface area contributed by atoms with Gasteiger partial charge in [-0.2, -0.15) is 0 Å². The van der Waals surface area contributed by atoms with Crippen molar-refractivity contribution in [2.24, 2.45) is 0 Å². The van der Waals surface area contributed by atoms with Crippen LogP contribution in [0, 0.1) is 5.82 Å². The number of carbonyl (C=O) groups excluding carboxylic acids is 1. The summed E-state index contributed by atoms with van der Waals surface area (Å²) in [6.45, 7) is 7.22. The summed E-state index contributed by atoms with van der Waals surface area (Å²) in [5.74, 6) is 0.350. The fourth-order valence-electron chi connectivity index (χ4n) is 2.85. The topological polar surface area (TPSA) is 61.4 Å². The normalized spacial score (nSPS) is 15.7. The van der Waals surface area contributed by atoms with E-state index in [-0.39, 0.29) is 17.8 Å². The predicted molar refractivity (Wildman–Crippen MR) is 100 cm³/mol. The van der Waals surface area contributed by atoms with E-state index < -0.39 is 0 Å². The second kappa shape index (κ2) is 8.12. The van der Waals surface area contributed by atoms with Gasteiger partial charge in [0, 0.05) is 37.9 Å². The minimum Gasteiger partial charge on any atom is -0.368 e. The molecule has 1 aliphatic rings. The van der Waals surface area contributed by atoms with Crippen LogP contribution in [-0.4, -0.2) is 48.1 Å². The summed E-state index contributed by atoms with van der Waals surface area (Å²) < 4.78 is 13.0. The molecule has 1 fully saturated rings. The second-order valence-electron chi connectivity index (χ2n) is 6.49. The SMILES string of the molecule is CCC(C)NC(=O)c1cnc(N2CCN(c3ccc(F)cc3)CC2)cn1. The van der Waals surface area contributed by atoms with Gasteiger partial charge >= 0.3 is 0 Å². The number of nitrogens with one attached hydrogen (secondary N) is 1. The van der Waals surface area contributed by atoms with Gasteiger partial charge in [0.05, 0.1) is 12.4 Å². The summed E-state index contributed by atoms with van der Waals surface area (Å²) in [6, 6.07) is 6.68. The molecule has 1 aliphatic heterocycles. The van der Waals surface area contributed by atoms with Gasteiger partial charge in [-0.25, -0.2) is 14.4 Å². The van der Waals surface area contributed by atoms with Crippen LogP contribution in [0.1, 0.15) is 30.8 Å². The van der Waals surface area contributed by atoms with E-state index in [9.17, 15) is 9.18 Å². The summed E-state index contributed by atoms with van der Waals surface area (Å²) in [5, 5.41) is 2.88. The minimum atomic E-state index is -0.222. The second-order valence-corrected chi connectivity index (χ2v) is 6.49. The Morgan fingerprint density at radius 3 is 2.35 bits per heavy atom. The number of hydrogen-bond acceptors (Lipinski definition) is 5. The highest BCUT2D eigenvalue weighted by Crippen LogP contribution is 2.19. The van der Waals surface area contributed by atoms with Crippen molar-refractivity contribution in [1.82, 2.24) is 15.3 Å². The van der Waals surface area contributed by atoms with Crippen molar-refractivity contribution < 1.29 is 9.18 Å². The number of rotatable bonds is 5. The number of carbonyl (C=O) groups is 1. The maximum atomic E-state index is 13.0. The first-order chi connectivity index (χ1) is 12.6. The van der Waals surface area contributed by atoms with Crippen molar-refractivity contribution >= 4 is 17.4 Å². The van der Waals surface area contributed by atoms with Gasteiger partial charge in [-0.15, -0.1) is 0 Å². The Bertz CT molecular complexity index is 727. The molecule has 0 spiro atoms. The zero-order chi connectivity index (χ0) is 18.5. The molecule has 7 heteroatoms. The van der Waals surface area contributed by atoms with Crippen molar-refractivity contribution in [3.05, 3.63) is 48.2 Å². The van der Waals surface area contributed by atoms with Gasteiger partial charge in [0.15, 0.2) is 0 Å². The maximum Gasteiger partial charge on any atom is 0.271 e. The van der Waals surface area contributed by atoms with Gasteiger partial charge in [-0.05, 0) is 37.6 Å². The lowest BCUT2D eigenvalue weighted by molar-refractivity contribution is 0.0934. The average Bonchev–Trinajstić information content (AvgIpc) is 2.68. The Morgan fingerprint density at radius 2 is 1.77 bits per heavy atom. The predicted octanol–water partition coefficient (Wildman–Crippen LogP) is 2.47. The Kier molecular flexibility index (Phi) is 5.65. The molecule has 1 atom stereocenters. The molecule has 1 saturated heterocycles. The molecule has 6 nitrogen and oxygen atoms in total. The van der Waals surface area contributed by atoms with Crippen LogP contribution in [0.15, 0.2) is 36.7 Å². The summed E-state index contributed by atoms with van der Waals surface area (Å²) in [6.07, 6.45) is 4.05. The van der Waals surface area contributed by atoms with Crippen molar-refractivity contribution in [1.29, 1.82) is 0 Å². The fourth-order valence-corrected chi connectivity index (χ4v) is 2.85. The lowest BCUT2D eigenvalue weighted by Gasteiger charge is -2.36. The van der Waals surface area contributed by atoms with Gasteiger partial charge in [0.1, 0.15) is 17.3 Å². The molecule has 0 bridgehead atoms. The minimum absolute atomic E-state index is 0.114. The monoisotopic (exact) mass is 357 g/mol. The molecule has 26 heavy (non-hydrogen) atoms. The first-order valence-corrected chi connectivity index (χ1v) is 8.95. The zero-order valence-corrected chi connectivity index (χ0v) is 15.2. The van der Waals surface area contributed by atoms with Crippen molar-refractivity contribution in [2.75, 3.05) is 36.0 Å². The molecule has 0 saturated carbocycles. The van der Waals surface area contributed by atoms with Crippen LogP contribution >= 0.6 is 0 Å². The molecule has 2 aromatic rings. The smallest absolute Gasteiger partial charge is 0.271 e. The van der Waals surface area contributed by atoms with E-state index in [1.807, 2.05) is 13.8 Å². The third-order valence-electron chi connectivity index (χ3n) is 4.66. The first-order valence-electron chi connectivity index (χ1n) is 8.95. The highest BCUT2D eigenvalue weighted by Gasteiger charge is 2.19. The van der Waals surface area contributed by atoms with Crippen molar-refractivity contribution in [3.8, 4) is 0 Å². The van der Waals surface area contributed by atoms with Crippen LogP contribution in [0.5, 0.6) is 0 Å². The molecular weight excluding hydrogens is 333 g/mol. The van der Waals surface area contributed by atoms with E-state index in [1.165, 1.54) is 18.3 Å². The van der Waals surface area contributed by atoms with Crippen molar-refractivity contribution in [3.63, 3.8) is 0 Å². The molecule has 0 aliphatic carbocycles. The molecule has 0 radical (unpaired) electrons. The quantitative estimate of drug-likeness (QED) is 0.891. The Balaban J connectivity index is 1.57. The third kappa shape index (κ3) is 4.28. The Hall–Kier alpha value is -2.70. The van der Waals surface area contributed by atoms with Gasteiger partial charge < -0.3 is 15.1 Å². The van der Waals surface area contributed by atoms with Crippen LogP contribution in [0.3, 0.4) is 0 Å². The largest absolute Gasteiger partial charge is 0.368 e. The van der Waals surface area contributed by atoms with Crippen LogP contribution in [0.25, 0.3) is 0 Å². The van der Waals surface area contributed by atoms with Gasteiger partial charge in [0.2, 0.25) is 0 Å². The lowest BCUT2D eigenvalue weighted by Crippen LogP contribution is -2.46. The van der Waals surface area contributed by atoms with Gasteiger partial charge in [-0.1, -0.05) is 6.92 Å². The number of piperazine rings is 1. The number of anilines is 2. The summed E-state index contributed by atoms with van der Waals surface area (Å²) in [5.41, 5.74) is 1.35. The third-order valence-corrected chi connectivity index (χ3v) is 4.66. The number of halogens is 1. The maximum absolute atomic E-state index is 13.0. The molecule has 1 aromatic carbocycles. The Morgan fingerprint density at radius 1 is 1.12 bits per heavy atom. The highest BCUT2D eigenvalue weighted by molar-refractivity contribution is 5.92. The molecule has 2 heterocycles. The zero-order valence-electron chi connectivity index (χ0n) is 15.2.